The van der Waals surface area contributed by atoms with E-state index in [4.69, 9.17) is 14.2 Å². The maximum atomic E-state index is 11.5. The number of rotatable bonds is 9. The third kappa shape index (κ3) is 5.48. The topological polar surface area (TPSA) is 56.8 Å². The molecule has 1 rings (SSSR count). The first-order valence-corrected chi connectivity index (χ1v) is 6.89. The molecule has 0 fully saturated rings. The summed E-state index contributed by atoms with van der Waals surface area (Å²) in [5.41, 5.74) is 0.669. The van der Waals surface area contributed by atoms with Crippen molar-refractivity contribution in [2.75, 3.05) is 32.2 Å². The van der Waals surface area contributed by atoms with E-state index >= 15 is 0 Å². The molecule has 0 spiro atoms. The zero-order valence-electron chi connectivity index (χ0n) is 12.4. The molecular formula is C15H23NO4. The Labute approximate surface area is 120 Å². The Bertz CT molecular complexity index is 420. The molecule has 0 bridgehead atoms. The lowest BCUT2D eigenvalue weighted by Gasteiger charge is -2.14. The van der Waals surface area contributed by atoms with Gasteiger partial charge in [0.2, 0.25) is 5.91 Å². The Morgan fingerprint density at radius 3 is 2.35 bits per heavy atom. The van der Waals surface area contributed by atoms with Gasteiger partial charge in [-0.15, -0.1) is 0 Å². The number of nitrogens with one attached hydrogen (secondary N) is 1. The monoisotopic (exact) mass is 281 g/mol. The van der Waals surface area contributed by atoms with Gasteiger partial charge in [-0.25, -0.2) is 0 Å². The largest absolute Gasteiger partial charge is 0.490 e. The molecule has 0 radical (unpaired) electrons. The Balaban J connectivity index is 2.79. The molecule has 0 saturated carbocycles. The number of carbonyl (C=O) groups is 1. The number of hydrogen-bond acceptors (Lipinski definition) is 4. The molecule has 1 aromatic rings. The van der Waals surface area contributed by atoms with Crippen LogP contribution in [0.2, 0.25) is 0 Å². The van der Waals surface area contributed by atoms with Crippen molar-refractivity contribution in [3.8, 4) is 11.5 Å². The Morgan fingerprint density at radius 1 is 1.10 bits per heavy atom. The van der Waals surface area contributed by atoms with E-state index in [0.717, 1.165) is 12.8 Å². The van der Waals surface area contributed by atoms with E-state index in [2.05, 4.69) is 5.32 Å². The summed E-state index contributed by atoms with van der Waals surface area (Å²) in [5, 5.41) is 2.74. The molecule has 0 saturated heterocycles. The van der Waals surface area contributed by atoms with Gasteiger partial charge in [-0.1, -0.05) is 13.8 Å². The van der Waals surface area contributed by atoms with Crippen molar-refractivity contribution >= 4 is 11.6 Å². The van der Waals surface area contributed by atoms with Crippen molar-refractivity contribution in [1.82, 2.24) is 0 Å². The standard InChI is InChI=1S/C15H23NO4/c1-4-8-19-13-7-6-12(16-15(17)11-18-3)10-14(13)20-9-5-2/h6-7,10H,4-5,8-9,11H2,1-3H3,(H,16,17). The van der Waals surface area contributed by atoms with Gasteiger partial charge in [0.05, 0.1) is 13.2 Å². The van der Waals surface area contributed by atoms with Gasteiger partial charge in [0.25, 0.3) is 0 Å². The van der Waals surface area contributed by atoms with E-state index in [0.29, 0.717) is 30.4 Å². The molecular weight excluding hydrogens is 258 g/mol. The number of anilines is 1. The van der Waals surface area contributed by atoms with Gasteiger partial charge in [0, 0.05) is 18.9 Å². The average molecular weight is 281 g/mol. The maximum Gasteiger partial charge on any atom is 0.250 e. The molecule has 0 aromatic heterocycles. The van der Waals surface area contributed by atoms with Crippen LogP contribution in [0.15, 0.2) is 18.2 Å². The van der Waals surface area contributed by atoms with Gasteiger partial charge in [-0.05, 0) is 25.0 Å². The fraction of sp³-hybridized carbons (Fsp3) is 0.533. The summed E-state index contributed by atoms with van der Waals surface area (Å²) in [6.07, 6.45) is 1.84. The van der Waals surface area contributed by atoms with Gasteiger partial charge < -0.3 is 19.5 Å². The first kappa shape index (κ1) is 16.3. The van der Waals surface area contributed by atoms with Gasteiger partial charge in [-0.3, -0.25) is 4.79 Å². The lowest BCUT2D eigenvalue weighted by atomic mass is 10.2. The molecule has 0 aliphatic rings. The Kier molecular flexibility index (Phi) is 7.50. The molecule has 5 heteroatoms. The summed E-state index contributed by atoms with van der Waals surface area (Å²) in [7, 11) is 1.48. The van der Waals surface area contributed by atoms with Crippen LogP contribution in [0.25, 0.3) is 0 Å². The fourth-order valence-electron chi connectivity index (χ4n) is 1.57. The summed E-state index contributed by atoms with van der Waals surface area (Å²) in [4.78, 5) is 11.5. The summed E-state index contributed by atoms with van der Waals surface area (Å²) in [6.45, 7) is 5.36. The van der Waals surface area contributed by atoms with Crippen LogP contribution >= 0.6 is 0 Å². The van der Waals surface area contributed by atoms with Crippen LogP contribution < -0.4 is 14.8 Å². The highest BCUT2D eigenvalue weighted by atomic mass is 16.5. The molecule has 0 aliphatic heterocycles. The van der Waals surface area contributed by atoms with E-state index in [1.165, 1.54) is 7.11 Å². The van der Waals surface area contributed by atoms with E-state index in [-0.39, 0.29) is 12.5 Å². The zero-order valence-corrected chi connectivity index (χ0v) is 12.4. The SMILES string of the molecule is CCCOc1ccc(NC(=O)COC)cc1OCCC. The van der Waals surface area contributed by atoms with Crippen molar-refractivity contribution in [2.45, 2.75) is 26.7 Å². The highest BCUT2D eigenvalue weighted by Gasteiger charge is 2.08. The first-order valence-electron chi connectivity index (χ1n) is 6.89. The normalized spacial score (nSPS) is 10.2. The van der Waals surface area contributed by atoms with E-state index in [9.17, 15) is 4.79 Å². The molecule has 0 atom stereocenters. The predicted molar refractivity (Wildman–Crippen MR) is 78.5 cm³/mol. The molecule has 0 unspecified atom stereocenters. The predicted octanol–water partition coefficient (Wildman–Crippen LogP) is 2.85. The molecule has 0 aliphatic carbocycles. The number of hydrogen-bond donors (Lipinski definition) is 1. The highest BCUT2D eigenvalue weighted by Crippen LogP contribution is 2.30. The molecule has 5 nitrogen and oxygen atoms in total. The van der Waals surface area contributed by atoms with Gasteiger partial charge in [0.1, 0.15) is 6.61 Å². The average Bonchev–Trinajstić information content (AvgIpc) is 2.44. The molecule has 0 heterocycles. The summed E-state index contributed by atoms with van der Waals surface area (Å²) in [6, 6.07) is 5.37. The molecule has 112 valence electrons. The minimum Gasteiger partial charge on any atom is -0.490 e. The van der Waals surface area contributed by atoms with Crippen LogP contribution in [0.4, 0.5) is 5.69 Å². The number of ether oxygens (including phenoxy) is 3. The Morgan fingerprint density at radius 2 is 1.75 bits per heavy atom. The van der Waals surface area contributed by atoms with Gasteiger partial charge in [0.15, 0.2) is 11.5 Å². The molecule has 1 N–H and O–H groups in total. The second-order valence-corrected chi connectivity index (χ2v) is 4.34. The second-order valence-electron chi connectivity index (χ2n) is 4.34. The number of benzene rings is 1. The van der Waals surface area contributed by atoms with Crippen molar-refractivity contribution < 1.29 is 19.0 Å². The van der Waals surface area contributed by atoms with Crippen LogP contribution in [-0.2, 0) is 9.53 Å². The van der Waals surface area contributed by atoms with Crippen LogP contribution in [0.3, 0.4) is 0 Å². The van der Waals surface area contributed by atoms with Crippen LogP contribution in [0.5, 0.6) is 11.5 Å². The minimum absolute atomic E-state index is 0.0270. The van der Waals surface area contributed by atoms with Crippen molar-refractivity contribution in [1.29, 1.82) is 0 Å². The van der Waals surface area contributed by atoms with Crippen molar-refractivity contribution in [3.63, 3.8) is 0 Å². The van der Waals surface area contributed by atoms with Gasteiger partial charge >= 0.3 is 0 Å². The summed E-state index contributed by atoms with van der Waals surface area (Å²) in [5.74, 6) is 1.15. The lowest BCUT2D eigenvalue weighted by molar-refractivity contribution is -0.119. The summed E-state index contributed by atoms with van der Waals surface area (Å²) < 4.78 is 16.1. The fourth-order valence-corrected chi connectivity index (χ4v) is 1.57. The highest BCUT2D eigenvalue weighted by molar-refractivity contribution is 5.92. The number of amides is 1. The first-order chi connectivity index (χ1) is 9.71. The third-order valence-electron chi connectivity index (χ3n) is 2.43. The molecule has 1 aromatic carbocycles. The lowest BCUT2D eigenvalue weighted by Crippen LogP contribution is -2.17. The van der Waals surface area contributed by atoms with Crippen LogP contribution in [0, 0.1) is 0 Å². The van der Waals surface area contributed by atoms with Gasteiger partial charge in [-0.2, -0.15) is 0 Å². The van der Waals surface area contributed by atoms with Crippen molar-refractivity contribution in [2.24, 2.45) is 0 Å². The van der Waals surface area contributed by atoms with E-state index in [1.807, 2.05) is 19.9 Å². The van der Waals surface area contributed by atoms with Crippen LogP contribution in [0.1, 0.15) is 26.7 Å². The van der Waals surface area contributed by atoms with E-state index in [1.54, 1.807) is 12.1 Å². The minimum atomic E-state index is -0.198. The molecule has 20 heavy (non-hydrogen) atoms. The second kappa shape index (κ2) is 9.20. The summed E-state index contributed by atoms with van der Waals surface area (Å²) >= 11 is 0. The Hall–Kier alpha value is -1.75. The quantitative estimate of drug-likeness (QED) is 0.756. The number of carbonyl (C=O) groups excluding carboxylic acids is 1. The molecule has 1 amide bonds. The zero-order chi connectivity index (χ0) is 14.8. The maximum absolute atomic E-state index is 11.5. The van der Waals surface area contributed by atoms with E-state index < -0.39 is 0 Å². The van der Waals surface area contributed by atoms with Crippen molar-refractivity contribution in [3.05, 3.63) is 18.2 Å². The number of methoxy groups -OCH3 is 1. The van der Waals surface area contributed by atoms with Crippen LogP contribution in [-0.4, -0.2) is 32.8 Å². The smallest absolute Gasteiger partial charge is 0.250 e. The third-order valence-corrected chi connectivity index (χ3v) is 2.43.